The van der Waals surface area contributed by atoms with Gasteiger partial charge in [-0.3, -0.25) is 29.2 Å². The fourth-order valence-electron chi connectivity index (χ4n) is 6.63. The van der Waals surface area contributed by atoms with Crippen molar-refractivity contribution in [1.29, 1.82) is 0 Å². The number of hydrogen-bond donors (Lipinski definition) is 3. The van der Waals surface area contributed by atoms with Crippen molar-refractivity contribution in [3.05, 3.63) is 98.4 Å². The number of aromatic nitrogens is 2. The van der Waals surface area contributed by atoms with E-state index in [4.69, 9.17) is 44.3 Å². The minimum atomic E-state index is -0.857. The van der Waals surface area contributed by atoms with Crippen LogP contribution in [0.4, 0.5) is 5.69 Å². The molecule has 2 aliphatic rings. The van der Waals surface area contributed by atoms with Crippen LogP contribution < -0.4 is 14.8 Å². The quantitative estimate of drug-likeness (QED) is 0.128. The van der Waals surface area contributed by atoms with Crippen molar-refractivity contribution in [3.8, 4) is 22.8 Å². The van der Waals surface area contributed by atoms with Gasteiger partial charge in [0.1, 0.15) is 35.8 Å². The van der Waals surface area contributed by atoms with E-state index in [-0.39, 0.29) is 22.3 Å². The highest BCUT2D eigenvalue weighted by molar-refractivity contribution is 6.39. The highest BCUT2D eigenvalue weighted by Gasteiger charge is 2.32. The molecule has 4 aromatic rings. The summed E-state index contributed by atoms with van der Waals surface area (Å²) in [6.07, 6.45) is 4.39. The van der Waals surface area contributed by atoms with Crippen molar-refractivity contribution in [2.75, 3.05) is 25.5 Å². The molecule has 1 amide bonds. The Kier molecular flexibility index (Phi) is 11.8. The van der Waals surface area contributed by atoms with Crippen LogP contribution in [0.15, 0.2) is 60.8 Å². The molecular weight excluding hydrogens is 733 g/mol. The van der Waals surface area contributed by atoms with E-state index in [1.165, 1.54) is 7.11 Å². The Labute approximate surface area is 315 Å². The van der Waals surface area contributed by atoms with Crippen LogP contribution in [0, 0.1) is 0 Å². The van der Waals surface area contributed by atoms with Gasteiger partial charge < -0.3 is 25.0 Å². The van der Waals surface area contributed by atoms with Gasteiger partial charge in [-0.1, -0.05) is 65.1 Å². The van der Waals surface area contributed by atoms with Crippen LogP contribution in [-0.4, -0.2) is 80.1 Å². The average molecular weight is 769 g/mol. The first kappa shape index (κ1) is 37.3. The van der Waals surface area contributed by atoms with Crippen molar-refractivity contribution in [3.63, 3.8) is 0 Å². The van der Waals surface area contributed by atoms with E-state index in [1.807, 2.05) is 9.80 Å². The summed E-state index contributed by atoms with van der Waals surface area (Å²) < 4.78 is 11.6. The molecule has 0 radical (unpaired) electrons. The second-order valence-electron chi connectivity index (χ2n) is 12.6. The molecule has 6 rings (SSSR count). The highest BCUT2D eigenvalue weighted by Crippen LogP contribution is 2.41. The summed E-state index contributed by atoms with van der Waals surface area (Å²) in [5.41, 5.74) is 3.54. The van der Waals surface area contributed by atoms with E-state index < -0.39 is 29.9 Å². The van der Waals surface area contributed by atoms with Crippen molar-refractivity contribution in [1.82, 2.24) is 19.8 Å². The molecule has 2 aromatic carbocycles. The van der Waals surface area contributed by atoms with Crippen LogP contribution in [0.1, 0.15) is 53.0 Å². The number of likely N-dealkylation sites (tertiary alicyclic amines) is 2. The van der Waals surface area contributed by atoms with Crippen molar-refractivity contribution in [2.24, 2.45) is 0 Å². The Morgan fingerprint density at radius 1 is 0.885 bits per heavy atom. The third-order valence-electron chi connectivity index (χ3n) is 9.26. The molecule has 0 saturated carbocycles. The van der Waals surface area contributed by atoms with E-state index in [2.05, 4.69) is 15.3 Å². The maximum Gasteiger partial charge on any atom is 0.320 e. The fourth-order valence-corrected chi connectivity index (χ4v) is 7.42. The zero-order valence-corrected chi connectivity index (χ0v) is 30.4. The number of halogens is 3. The molecule has 2 saturated heterocycles. The van der Waals surface area contributed by atoms with Crippen molar-refractivity contribution in [2.45, 2.75) is 57.5 Å². The normalized spacial score (nSPS) is 17.6. The third kappa shape index (κ3) is 8.27. The topological polar surface area (TPSA) is 154 Å². The van der Waals surface area contributed by atoms with Gasteiger partial charge in [-0.2, -0.15) is 0 Å². The number of nitrogens with one attached hydrogen (secondary N) is 1. The first-order valence-electron chi connectivity index (χ1n) is 16.7. The summed E-state index contributed by atoms with van der Waals surface area (Å²) in [5.74, 6) is -1.48. The number of aliphatic carboxylic acids is 2. The molecule has 0 unspecified atom stereocenters. The van der Waals surface area contributed by atoms with Gasteiger partial charge in [-0.15, -0.1) is 0 Å². The lowest BCUT2D eigenvalue weighted by atomic mass is 10.0. The SMILES string of the molecule is COc1nc(COc2cccc(-c3cccc(NC(=O)c4ccc(CN5CCC[C@H]5C(=O)O)cn4)c3Cl)c2Cl)c(Cl)cc1CN1CCC[C@H]1C(=O)O. The van der Waals surface area contributed by atoms with Crippen LogP contribution in [0.25, 0.3) is 11.1 Å². The Hall–Kier alpha value is -4.46. The van der Waals surface area contributed by atoms with Gasteiger partial charge in [0.25, 0.3) is 5.91 Å². The number of benzene rings is 2. The molecule has 0 spiro atoms. The molecule has 2 atom stereocenters. The van der Waals surface area contributed by atoms with E-state index in [0.717, 1.165) is 18.4 Å². The minimum absolute atomic E-state index is 0.0338. The maximum atomic E-state index is 13.2. The molecule has 0 bridgehead atoms. The predicted octanol–water partition coefficient (Wildman–Crippen LogP) is 7.04. The van der Waals surface area contributed by atoms with Crippen molar-refractivity contribution >= 4 is 58.3 Å². The van der Waals surface area contributed by atoms with Gasteiger partial charge >= 0.3 is 11.9 Å². The molecule has 15 heteroatoms. The first-order valence-corrected chi connectivity index (χ1v) is 17.8. The number of pyridine rings is 2. The van der Waals surface area contributed by atoms with Gasteiger partial charge in [0.2, 0.25) is 5.88 Å². The zero-order valence-electron chi connectivity index (χ0n) is 28.2. The lowest BCUT2D eigenvalue weighted by molar-refractivity contribution is -0.143. The van der Waals surface area contributed by atoms with Gasteiger partial charge in [0.15, 0.2) is 0 Å². The van der Waals surface area contributed by atoms with Crippen molar-refractivity contribution < 1.29 is 34.1 Å². The fraction of sp³-hybridized carbons (Fsp3) is 0.324. The van der Waals surface area contributed by atoms with Gasteiger partial charge in [-0.05, 0) is 68.6 Å². The summed E-state index contributed by atoms with van der Waals surface area (Å²) in [4.78, 5) is 49.0. The zero-order chi connectivity index (χ0) is 36.9. The maximum absolute atomic E-state index is 13.2. The molecule has 52 heavy (non-hydrogen) atoms. The number of carboxylic acids is 2. The van der Waals surface area contributed by atoms with E-state index in [0.29, 0.717) is 83.7 Å². The Morgan fingerprint density at radius 2 is 1.54 bits per heavy atom. The number of carboxylic acid groups (broad SMARTS) is 2. The van der Waals surface area contributed by atoms with E-state index in [9.17, 15) is 24.6 Å². The lowest BCUT2D eigenvalue weighted by Gasteiger charge is -2.22. The molecular formula is C37H36Cl3N5O7. The number of hydrogen-bond acceptors (Lipinski definition) is 9. The van der Waals surface area contributed by atoms with E-state index in [1.54, 1.807) is 60.8 Å². The standard InChI is InChI=1S/C37H36Cl3N5O7/c1-51-35-22(19-45-15-5-10-30(45)37(49)50)16-25(38)28(43-35)20-52-31-11-3-7-24(33(31)40)23-6-2-8-26(32(23)39)42-34(46)27-13-12-21(17-41-27)18-44-14-4-9-29(44)36(47)48/h2-3,6-8,11-13,16-17,29-30H,4-5,9-10,14-15,18-20H2,1H3,(H,42,46)(H,47,48)(H,49,50)/t29-,30-/m0/s1. The Morgan fingerprint density at radius 3 is 2.17 bits per heavy atom. The number of carbonyl (C=O) groups is 3. The summed E-state index contributed by atoms with van der Waals surface area (Å²) >= 11 is 20.3. The highest BCUT2D eigenvalue weighted by atomic mass is 35.5. The van der Waals surface area contributed by atoms with E-state index >= 15 is 0 Å². The number of carbonyl (C=O) groups excluding carboxylic acids is 1. The van der Waals surface area contributed by atoms with Crippen LogP contribution in [0.2, 0.25) is 15.1 Å². The van der Waals surface area contributed by atoms with Gasteiger partial charge in [0, 0.05) is 36.0 Å². The summed E-state index contributed by atoms with van der Waals surface area (Å²) in [6.45, 7) is 2.08. The number of ether oxygens (including phenoxy) is 2. The predicted molar refractivity (Wildman–Crippen MR) is 196 cm³/mol. The summed E-state index contributed by atoms with van der Waals surface area (Å²) in [7, 11) is 1.49. The van der Waals surface area contributed by atoms with Crippen LogP contribution >= 0.6 is 34.8 Å². The molecule has 0 aliphatic carbocycles. The minimum Gasteiger partial charge on any atom is -0.486 e. The lowest BCUT2D eigenvalue weighted by Crippen LogP contribution is -2.35. The smallest absolute Gasteiger partial charge is 0.320 e. The van der Waals surface area contributed by atoms with Crippen LogP contribution in [0.5, 0.6) is 11.6 Å². The summed E-state index contributed by atoms with van der Waals surface area (Å²) in [6, 6.07) is 14.4. The molecule has 4 heterocycles. The molecule has 3 N–H and O–H groups in total. The molecule has 12 nitrogen and oxygen atoms in total. The number of methoxy groups -OCH3 is 1. The van der Waals surface area contributed by atoms with Crippen LogP contribution in [0.3, 0.4) is 0 Å². The Bertz CT molecular complexity index is 1980. The number of anilines is 1. The molecule has 2 fully saturated rings. The molecule has 272 valence electrons. The second kappa shape index (κ2) is 16.5. The monoisotopic (exact) mass is 767 g/mol. The number of amides is 1. The molecule has 2 aliphatic heterocycles. The second-order valence-corrected chi connectivity index (χ2v) is 13.8. The van der Waals surface area contributed by atoms with Gasteiger partial charge in [-0.25, -0.2) is 4.98 Å². The number of nitrogens with zero attached hydrogens (tertiary/aromatic N) is 4. The average Bonchev–Trinajstić information content (AvgIpc) is 3.80. The first-order chi connectivity index (χ1) is 25.0. The largest absolute Gasteiger partial charge is 0.486 e. The molecule has 2 aromatic heterocycles. The number of rotatable bonds is 13. The van der Waals surface area contributed by atoms with Crippen LogP contribution in [-0.2, 0) is 29.3 Å². The Balaban J connectivity index is 1.13. The summed E-state index contributed by atoms with van der Waals surface area (Å²) in [5, 5.41) is 22.7. The third-order valence-corrected chi connectivity index (χ3v) is 10.4. The van der Waals surface area contributed by atoms with Gasteiger partial charge in [0.05, 0.1) is 27.9 Å².